The zero-order valence-corrected chi connectivity index (χ0v) is 8.88. The molecule has 0 bridgehead atoms. The average Bonchev–Trinajstić information content (AvgIpc) is 2.47. The first-order chi connectivity index (χ1) is 6.58. The summed E-state index contributed by atoms with van der Waals surface area (Å²) in [7, 11) is 0. The van der Waals surface area contributed by atoms with Crippen molar-refractivity contribution in [1.82, 2.24) is 4.98 Å². The van der Waals surface area contributed by atoms with E-state index in [0.29, 0.717) is 6.42 Å². The zero-order valence-electron chi connectivity index (χ0n) is 8.06. The summed E-state index contributed by atoms with van der Waals surface area (Å²) in [4.78, 5) is 15.5. The van der Waals surface area contributed by atoms with E-state index in [9.17, 15) is 4.79 Å². The van der Waals surface area contributed by atoms with E-state index < -0.39 is 5.97 Å². The van der Waals surface area contributed by atoms with Crippen LogP contribution in [-0.4, -0.2) is 22.1 Å². The van der Waals surface area contributed by atoms with Gasteiger partial charge in [-0.05, 0) is 13.3 Å². The van der Waals surface area contributed by atoms with Crippen molar-refractivity contribution in [3.8, 4) is 0 Å². The number of carboxylic acid groups (broad SMARTS) is 1. The summed E-state index contributed by atoms with van der Waals surface area (Å²) in [5.74, 6) is -0.771. The van der Waals surface area contributed by atoms with Crippen molar-refractivity contribution >= 4 is 17.3 Å². The highest BCUT2D eigenvalue weighted by Crippen LogP contribution is 2.15. The molecule has 0 aliphatic rings. The molecule has 14 heavy (non-hydrogen) atoms. The highest BCUT2D eigenvalue weighted by Gasteiger charge is 2.05. The molecule has 1 rings (SSSR count). The maximum atomic E-state index is 10.3. The largest absolute Gasteiger partial charge is 0.481 e. The smallest absolute Gasteiger partial charge is 0.303 e. The van der Waals surface area contributed by atoms with E-state index in [1.807, 2.05) is 6.92 Å². The van der Waals surface area contributed by atoms with Crippen LogP contribution in [0.2, 0.25) is 0 Å². The molecule has 0 aliphatic carbocycles. The molecule has 1 heterocycles. The number of carboxylic acids is 1. The van der Waals surface area contributed by atoms with Crippen molar-refractivity contribution in [2.24, 2.45) is 5.73 Å². The minimum atomic E-state index is -0.771. The topological polar surface area (TPSA) is 76.2 Å². The Morgan fingerprint density at radius 1 is 1.79 bits per heavy atom. The predicted molar refractivity (Wildman–Crippen MR) is 55.4 cm³/mol. The van der Waals surface area contributed by atoms with Crippen molar-refractivity contribution in [2.45, 2.75) is 32.2 Å². The van der Waals surface area contributed by atoms with E-state index in [1.54, 1.807) is 17.5 Å². The van der Waals surface area contributed by atoms with Gasteiger partial charge in [-0.1, -0.05) is 0 Å². The van der Waals surface area contributed by atoms with Gasteiger partial charge in [0.1, 0.15) is 0 Å². The Balaban J connectivity index is 2.46. The van der Waals surface area contributed by atoms with Gasteiger partial charge in [0.05, 0.1) is 11.4 Å². The molecule has 0 radical (unpaired) electrons. The molecule has 0 saturated heterocycles. The Kier molecular flexibility index (Phi) is 4.03. The molecule has 5 heteroatoms. The van der Waals surface area contributed by atoms with Gasteiger partial charge in [-0.25, -0.2) is 4.98 Å². The van der Waals surface area contributed by atoms with Crippen molar-refractivity contribution in [3.63, 3.8) is 0 Å². The third kappa shape index (κ3) is 3.85. The van der Waals surface area contributed by atoms with E-state index in [4.69, 9.17) is 10.8 Å². The third-order valence-corrected chi connectivity index (χ3v) is 2.76. The van der Waals surface area contributed by atoms with Gasteiger partial charge < -0.3 is 10.8 Å². The van der Waals surface area contributed by atoms with E-state index in [2.05, 4.69) is 4.98 Å². The molecule has 1 aromatic heterocycles. The van der Waals surface area contributed by atoms with E-state index in [0.717, 1.165) is 16.3 Å². The maximum Gasteiger partial charge on any atom is 0.303 e. The summed E-state index contributed by atoms with van der Waals surface area (Å²) in [5, 5.41) is 9.48. The van der Waals surface area contributed by atoms with Crippen LogP contribution in [0, 0.1) is 0 Å². The molecule has 0 saturated carbocycles. The van der Waals surface area contributed by atoms with Crippen LogP contribution in [0.5, 0.6) is 0 Å². The molecule has 0 spiro atoms. The number of rotatable bonds is 5. The fraction of sp³-hybridized carbons (Fsp3) is 0.556. The summed E-state index contributed by atoms with van der Waals surface area (Å²) < 4.78 is 0. The minimum absolute atomic E-state index is 0.105. The number of aliphatic carboxylic acids is 1. The van der Waals surface area contributed by atoms with E-state index in [1.165, 1.54) is 0 Å². The Labute approximate surface area is 86.8 Å². The predicted octanol–water partition coefficient (Wildman–Crippen LogP) is 1.05. The molecular formula is C9H14N2O2S. The standard InChI is InChI=1S/C9H14N2O2S/c1-6(10)4-8-11-5-7(14-8)2-3-9(12)13/h5-6H,2-4,10H2,1H3,(H,12,13)/t6-/m1/s1. The number of carbonyl (C=O) groups is 1. The second-order valence-corrected chi connectivity index (χ2v) is 4.50. The lowest BCUT2D eigenvalue weighted by atomic mass is 10.3. The third-order valence-electron chi connectivity index (χ3n) is 1.68. The van der Waals surface area contributed by atoms with E-state index in [-0.39, 0.29) is 12.5 Å². The quantitative estimate of drug-likeness (QED) is 0.768. The molecule has 3 N–H and O–H groups in total. The zero-order chi connectivity index (χ0) is 10.6. The van der Waals surface area contributed by atoms with Gasteiger partial charge in [0.25, 0.3) is 0 Å². The minimum Gasteiger partial charge on any atom is -0.481 e. The van der Waals surface area contributed by atoms with Gasteiger partial charge in [0.15, 0.2) is 0 Å². The lowest BCUT2D eigenvalue weighted by molar-refractivity contribution is -0.136. The Morgan fingerprint density at radius 2 is 2.50 bits per heavy atom. The van der Waals surface area contributed by atoms with Crippen LogP contribution in [0.15, 0.2) is 6.20 Å². The van der Waals surface area contributed by atoms with Crippen LogP contribution in [0.3, 0.4) is 0 Å². The normalized spacial score (nSPS) is 12.7. The SMILES string of the molecule is C[C@@H](N)Cc1ncc(CCC(=O)O)s1. The molecule has 4 nitrogen and oxygen atoms in total. The maximum absolute atomic E-state index is 10.3. The van der Waals surface area contributed by atoms with Gasteiger partial charge in [-0.15, -0.1) is 11.3 Å². The number of hydrogen-bond acceptors (Lipinski definition) is 4. The van der Waals surface area contributed by atoms with Crippen molar-refractivity contribution < 1.29 is 9.90 Å². The van der Waals surface area contributed by atoms with Crippen LogP contribution >= 0.6 is 11.3 Å². The number of aryl methyl sites for hydroxylation is 1. The van der Waals surface area contributed by atoms with Gasteiger partial charge in [0.2, 0.25) is 0 Å². The number of thiazole rings is 1. The lowest BCUT2D eigenvalue weighted by Gasteiger charge is -1.98. The molecule has 1 aromatic rings. The van der Waals surface area contributed by atoms with Crippen LogP contribution in [0.25, 0.3) is 0 Å². The highest BCUT2D eigenvalue weighted by molar-refractivity contribution is 7.11. The van der Waals surface area contributed by atoms with Gasteiger partial charge in [0, 0.05) is 23.5 Å². The van der Waals surface area contributed by atoms with Crippen LogP contribution in [0.1, 0.15) is 23.2 Å². The van der Waals surface area contributed by atoms with Crippen LogP contribution in [-0.2, 0) is 17.6 Å². The van der Waals surface area contributed by atoms with Crippen molar-refractivity contribution in [3.05, 3.63) is 16.1 Å². The first kappa shape index (κ1) is 11.1. The van der Waals surface area contributed by atoms with Crippen molar-refractivity contribution in [2.75, 3.05) is 0 Å². The monoisotopic (exact) mass is 214 g/mol. The second kappa shape index (κ2) is 5.07. The second-order valence-electron chi connectivity index (χ2n) is 3.30. The first-order valence-corrected chi connectivity index (χ1v) is 5.30. The van der Waals surface area contributed by atoms with Crippen LogP contribution < -0.4 is 5.73 Å². The van der Waals surface area contributed by atoms with Gasteiger partial charge in [-0.3, -0.25) is 4.79 Å². The first-order valence-electron chi connectivity index (χ1n) is 4.49. The van der Waals surface area contributed by atoms with Crippen LogP contribution in [0.4, 0.5) is 0 Å². The number of nitrogens with two attached hydrogens (primary N) is 1. The molecule has 0 fully saturated rings. The number of nitrogens with zero attached hydrogens (tertiary/aromatic N) is 1. The summed E-state index contributed by atoms with van der Waals surface area (Å²) >= 11 is 1.55. The Morgan fingerprint density at radius 3 is 3.07 bits per heavy atom. The molecule has 0 aliphatic heterocycles. The summed E-state index contributed by atoms with van der Waals surface area (Å²) in [6, 6.07) is 0.105. The number of aromatic nitrogens is 1. The highest BCUT2D eigenvalue weighted by atomic mass is 32.1. The summed E-state index contributed by atoms with van der Waals surface area (Å²) in [5.41, 5.74) is 5.63. The molecular weight excluding hydrogens is 200 g/mol. The fourth-order valence-electron chi connectivity index (χ4n) is 1.06. The molecule has 0 aromatic carbocycles. The molecule has 78 valence electrons. The van der Waals surface area contributed by atoms with Crippen molar-refractivity contribution in [1.29, 1.82) is 0 Å². The van der Waals surface area contributed by atoms with Gasteiger partial charge >= 0.3 is 5.97 Å². The fourth-order valence-corrected chi connectivity index (χ4v) is 2.13. The average molecular weight is 214 g/mol. The van der Waals surface area contributed by atoms with E-state index >= 15 is 0 Å². The Bertz CT molecular complexity index is 310. The number of hydrogen-bond donors (Lipinski definition) is 2. The summed E-state index contributed by atoms with van der Waals surface area (Å²) in [6.07, 6.45) is 3.23. The molecule has 1 atom stereocenters. The Hall–Kier alpha value is -0.940. The molecule has 0 amide bonds. The van der Waals surface area contributed by atoms with Gasteiger partial charge in [-0.2, -0.15) is 0 Å². The summed E-state index contributed by atoms with van der Waals surface area (Å²) in [6.45, 7) is 1.93. The lowest BCUT2D eigenvalue weighted by Crippen LogP contribution is -2.17. The molecule has 0 unspecified atom stereocenters.